The van der Waals surface area contributed by atoms with Crippen molar-refractivity contribution in [2.45, 2.75) is 165 Å². The van der Waals surface area contributed by atoms with Crippen LogP contribution >= 0.6 is 0 Å². The first-order valence-corrected chi connectivity index (χ1v) is 24.8. The number of rotatable bonds is 28. The molecule has 0 aliphatic carbocycles. The van der Waals surface area contributed by atoms with E-state index < -0.39 is 20.2 Å². The second-order valence-electron chi connectivity index (χ2n) is 15.5. The molecule has 4 aromatic rings. The fraction of sp³-hybridized carbons (Fsp3) is 0.500. The molecule has 4 aromatic carbocycles. The van der Waals surface area contributed by atoms with E-state index in [0.717, 1.165) is 37.7 Å². The summed E-state index contributed by atoms with van der Waals surface area (Å²) in [6.45, 7) is 4.45. The summed E-state index contributed by atoms with van der Waals surface area (Å²) >= 11 is 0. The predicted octanol–water partition coefficient (Wildman–Crippen LogP) is 12.4. The second-order valence-corrected chi connectivity index (χ2v) is 18.3. The molecule has 0 unspecified atom stereocenters. The van der Waals surface area contributed by atoms with Gasteiger partial charge in [0.2, 0.25) is 0 Å². The minimum absolute atomic E-state index is 0. The van der Waals surface area contributed by atoms with Gasteiger partial charge >= 0.3 is 37.7 Å². The van der Waals surface area contributed by atoms with Gasteiger partial charge in [-0.2, -0.15) is 8.42 Å². The summed E-state index contributed by atoms with van der Waals surface area (Å²) in [6.07, 6.45) is 25.7. The van der Waals surface area contributed by atoms with Crippen LogP contribution in [0.15, 0.2) is 94.7 Å². The van der Waals surface area contributed by atoms with Crippen molar-refractivity contribution in [2.75, 3.05) is 0 Å². The molecule has 10 nitrogen and oxygen atoms in total. The van der Waals surface area contributed by atoms with Gasteiger partial charge in [0, 0.05) is 0 Å². The molecule has 0 spiro atoms. The Bertz CT molecular complexity index is 1870. The molecular weight excluding hydrogens is 841 g/mol. The summed E-state index contributed by atoms with van der Waals surface area (Å²) in [6, 6.07) is 20.9. The largest absolute Gasteiger partial charge is 2.00 e. The quantitative estimate of drug-likeness (QED) is 0.0317. The maximum Gasteiger partial charge on any atom is 2.00 e. The Labute approximate surface area is 396 Å². The van der Waals surface area contributed by atoms with Gasteiger partial charge in [-0.25, -0.2) is 8.42 Å². The van der Waals surface area contributed by atoms with E-state index in [2.05, 4.69) is 13.8 Å². The zero-order valence-electron chi connectivity index (χ0n) is 36.3. The molecule has 332 valence electrons. The number of aryl methyl sites for hydroxylation is 2. The Morgan fingerprint density at radius 1 is 0.492 bits per heavy atom. The van der Waals surface area contributed by atoms with Gasteiger partial charge in [-0.3, -0.25) is 4.55 Å². The molecule has 0 heterocycles. The van der Waals surface area contributed by atoms with Crippen molar-refractivity contribution in [3.63, 3.8) is 0 Å². The van der Waals surface area contributed by atoms with Crippen LogP contribution in [0.2, 0.25) is 0 Å². The zero-order valence-corrected chi connectivity index (χ0v) is 40.2. The molecule has 0 radical (unpaired) electrons. The Morgan fingerprint density at radius 3 is 1.21 bits per heavy atom. The first kappa shape index (κ1) is 54.3. The van der Waals surface area contributed by atoms with Crippen LogP contribution < -0.4 is 14.6 Å². The normalized spacial score (nSPS) is 11.3. The molecule has 0 saturated heterocycles. The Kier molecular flexibility index (Phi) is 27.0. The standard InChI is InChI=1S/2C24H34O5S.Ca/c2*1-2-3-4-5-6-7-8-9-10-11-12-20-19-23(30(26,27)28)17-18-24(20)29-22-15-13-21(25)14-16-22;/h2*13-19,25H,2-12H2,1H3,(H,26,27,28);/q;;+2/p-2. The number of benzene rings is 4. The third-order valence-electron chi connectivity index (χ3n) is 10.4. The average molecular weight is 907 g/mol. The summed E-state index contributed by atoms with van der Waals surface area (Å²) in [5.74, 6) is 2.16. The van der Waals surface area contributed by atoms with Gasteiger partial charge in [-0.1, -0.05) is 142 Å². The van der Waals surface area contributed by atoms with Gasteiger partial charge in [-0.15, -0.1) is 5.75 Å². The van der Waals surface area contributed by atoms with Crippen molar-refractivity contribution in [3.05, 3.63) is 96.1 Å². The first-order chi connectivity index (χ1) is 28.8. The number of hydrogen-bond donors (Lipinski definition) is 2. The van der Waals surface area contributed by atoms with Crippen LogP contribution in [0.5, 0.6) is 34.5 Å². The molecule has 0 fully saturated rings. The zero-order chi connectivity index (χ0) is 43.6. The Balaban J connectivity index is 0.000000413. The summed E-state index contributed by atoms with van der Waals surface area (Å²) in [5.41, 5.74) is 1.44. The van der Waals surface area contributed by atoms with Crippen LogP contribution in [0.3, 0.4) is 0 Å². The SMILES string of the molecule is CCCCCCCCCCCCc1cc(S(=O)(=O)O)ccc1Oc1ccc(O)cc1.CCCCCCCCCCCCc1cc(S(=O)(=O)[O-])ccc1Oc1ccc([O-])cc1.[Ca+2]. The van der Waals surface area contributed by atoms with Crippen LogP contribution in [0, 0.1) is 0 Å². The molecule has 13 heteroatoms. The molecule has 0 bridgehead atoms. The molecule has 0 amide bonds. The molecule has 0 atom stereocenters. The molecule has 61 heavy (non-hydrogen) atoms. The van der Waals surface area contributed by atoms with Crippen LogP contribution in [-0.4, -0.2) is 68.8 Å². The fourth-order valence-corrected chi connectivity index (χ4v) is 7.95. The van der Waals surface area contributed by atoms with Gasteiger partial charge in [0.25, 0.3) is 10.1 Å². The van der Waals surface area contributed by atoms with E-state index in [4.69, 9.17) is 9.47 Å². The maximum atomic E-state index is 11.5. The van der Waals surface area contributed by atoms with E-state index in [0.29, 0.717) is 41.4 Å². The third kappa shape index (κ3) is 22.9. The van der Waals surface area contributed by atoms with Crippen LogP contribution in [0.25, 0.3) is 0 Å². The van der Waals surface area contributed by atoms with Gasteiger partial charge < -0.3 is 24.2 Å². The summed E-state index contributed by atoms with van der Waals surface area (Å²) in [7, 11) is -8.78. The molecule has 4 rings (SSSR count). The monoisotopic (exact) mass is 906 g/mol. The van der Waals surface area contributed by atoms with E-state index >= 15 is 0 Å². The molecule has 0 saturated carbocycles. The third-order valence-corrected chi connectivity index (χ3v) is 12.0. The van der Waals surface area contributed by atoms with Crippen molar-refractivity contribution in [2.24, 2.45) is 0 Å². The topological polar surface area (TPSA) is 173 Å². The molecular formula is C48H66CaO10S2. The summed E-state index contributed by atoms with van der Waals surface area (Å²) in [5, 5.41) is 20.7. The van der Waals surface area contributed by atoms with E-state index in [9.17, 15) is 36.2 Å². The van der Waals surface area contributed by atoms with Gasteiger partial charge in [0.1, 0.15) is 38.9 Å². The fourth-order valence-electron chi connectivity index (χ4n) is 6.90. The number of unbranched alkanes of at least 4 members (excludes halogenated alkanes) is 18. The van der Waals surface area contributed by atoms with E-state index in [1.165, 1.54) is 151 Å². The minimum atomic E-state index is -4.52. The second kappa shape index (κ2) is 30.3. The molecule has 0 aliphatic heterocycles. The van der Waals surface area contributed by atoms with E-state index in [1.54, 1.807) is 30.3 Å². The van der Waals surface area contributed by atoms with Crippen LogP contribution in [0.4, 0.5) is 0 Å². The van der Waals surface area contributed by atoms with Crippen molar-refractivity contribution in [3.8, 4) is 34.5 Å². The molecule has 0 aliphatic rings. The summed E-state index contributed by atoms with van der Waals surface area (Å²) in [4.78, 5) is -0.366. The van der Waals surface area contributed by atoms with Crippen LogP contribution in [0.1, 0.15) is 153 Å². The first-order valence-electron chi connectivity index (χ1n) is 21.9. The number of phenolic OH excluding ortho intramolecular Hbond substituents is 1. The summed E-state index contributed by atoms with van der Waals surface area (Å²) < 4.78 is 78.4. The van der Waals surface area contributed by atoms with Gasteiger partial charge in [-0.05, 0) is 110 Å². The molecule has 2 N–H and O–H groups in total. The molecule has 0 aromatic heterocycles. The number of phenols is 1. The Morgan fingerprint density at radius 2 is 0.836 bits per heavy atom. The van der Waals surface area contributed by atoms with Crippen molar-refractivity contribution >= 4 is 58.0 Å². The van der Waals surface area contributed by atoms with E-state index in [-0.39, 0.29) is 59.0 Å². The number of aromatic hydroxyl groups is 1. The average Bonchev–Trinajstić information content (AvgIpc) is 3.21. The van der Waals surface area contributed by atoms with Crippen LogP contribution in [-0.2, 0) is 33.1 Å². The smallest absolute Gasteiger partial charge is 0.872 e. The van der Waals surface area contributed by atoms with Gasteiger partial charge in [0.15, 0.2) is 0 Å². The minimum Gasteiger partial charge on any atom is -0.872 e. The van der Waals surface area contributed by atoms with E-state index in [1.807, 2.05) is 0 Å². The number of hydrogen-bond acceptors (Lipinski definition) is 9. The predicted molar refractivity (Wildman–Crippen MR) is 242 cm³/mol. The number of ether oxygens (including phenoxy) is 2. The van der Waals surface area contributed by atoms with Crippen molar-refractivity contribution in [1.29, 1.82) is 0 Å². The van der Waals surface area contributed by atoms with Gasteiger partial charge in [0.05, 0.1) is 9.79 Å². The van der Waals surface area contributed by atoms with Crippen molar-refractivity contribution < 1.29 is 45.6 Å². The van der Waals surface area contributed by atoms with Crippen molar-refractivity contribution in [1.82, 2.24) is 0 Å². The maximum absolute atomic E-state index is 11.5. The Hall–Kier alpha value is -2.84.